The van der Waals surface area contributed by atoms with Gasteiger partial charge in [0.25, 0.3) is 0 Å². The fourth-order valence-corrected chi connectivity index (χ4v) is 4.79. The lowest BCUT2D eigenvalue weighted by Gasteiger charge is -2.12. The molecular formula is C23H38O3S. The molecule has 0 fully saturated rings. The minimum atomic E-state index is -0.126. The molecule has 0 aromatic heterocycles. The second-order valence-electron chi connectivity index (χ2n) is 7.64. The molecule has 2 atom stereocenters. The molecule has 0 spiro atoms. The highest BCUT2D eigenvalue weighted by molar-refractivity contribution is 8.03. The average molecular weight is 395 g/mol. The third kappa shape index (κ3) is 10.2. The Kier molecular flexibility index (Phi) is 13.3. The number of unbranched alkanes of at least 4 members (excludes halogenated alkanes) is 3. The van der Waals surface area contributed by atoms with Crippen molar-refractivity contribution >= 4 is 24.0 Å². The minimum Gasteiger partial charge on any atom is -0.469 e. The number of carbonyl (C=O) groups is 2. The Morgan fingerprint density at radius 1 is 1.26 bits per heavy atom. The summed E-state index contributed by atoms with van der Waals surface area (Å²) in [5, 5.41) is 0. The number of carbonyl (C=O) groups excluding carboxylic acids is 2. The van der Waals surface area contributed by atoms with Gasteiger partial charge in [0, 0.05) is 17.9 Å². The Hall–Kier alpha value is -1.03. The number of esters is 1. The zero-order chi connectivity index (χ0) is 19.9. The quantitative estimate of drug-likeness (QED) is 0.138. The molecular weight excluding hydrogens is 356 g/mol. The molecule has 1 rings (SSSR count). The van der Waals surface area contributed by atoms with Crippen LogP contribution >= 0.6 is 11.8 Å². The van der Waals surface area contributed by atoms with E-state index >= 15 is 0 Å². The lowest BCUT2D eigenvalue weighted by atomic mass is 9.98. The first-order valence-corrected chi connectivity index (χ1v) is 11.6. The van der Waals surface area contributed by atoms with E-state index in [4.69, 9.17) is 0 Å². The number of rotatable bonds is 15. The van der Waals surface area contributed by atoms with Gasteiger partial charge in [-0.2, -0.15) is 0 Å². The van der Waals surface area contributed by atoms with Gasteiger partial charge in [-0.15, -0.1) is 11.8 Å². The highest BCUT2D eigenvalue weighted by Gasteiger charge is 2.23. The van der Waals surface area contributed by atoms with Crippen molar-refractivity contribution in [1.29, 1.82) is 0 Å². The molecule has 0 aromatic carbocycles. The highest BCUT2D eigenvalue weighted by atomic mass is 32.2. The summed E-state index contributed by atoms with van der Waals surface area (Å²) in [5.41, 5.74) is 1.00. The van der Waals surface area contributed by atoms with Gasteiger partial charge in [0.2, 0.25) is 0 Å². The van der Waals surface area contributed by atoms with Gasteiger partial charge in [-0.25, -0.2) is 0 Å². The van der Waals surface area contributed by atoms with E-state index < -0.39 is 0 Å². The first-order valence-electron chi connectivity index (χ1n) is 10.7. The normalized spacial score (nSPS) is 18.3. The standard InChI is InChI=1S/C23H38O3S/c1-4-5-11-19(2)12-8-9-13-20-15-16-21(18-24)23(20)27-17-10-6-7-14-22(25)26-3/h9,13,18-20H,4-8,10-12,14-17H2,1-3H3/b13-9+. The van der Waals surface area contributed by atoms with Crippen molar-refractivity contribution in [3.05, 3.63) is 22.6 Å². The predicted molar refractivity (Wildman–Crippen MR) is 116 cm³/mol. The van der Waals surface area contributed by atoms with Crippen LogP contribution in [0, 0.1) is 11.8 Å². The number of hydrogen-bond acceptors (Lipinski definition) is 4. The van der Waals surface area contributed by atoms with E-state index in [2.05, 4.69) is 30.7 Å². The van der Waals surface area contributed by atoms with Crippen LogP contribution in [0.3, 0.4) is 0 Å². The largest absolute Gasteiger partial charge is 0.469 e. The maximum atomic E-state index is 11.4. The number of methoxy groups -OCH3 is 1. The zero-order valence-electron chi connectivity index (χ0n) is 17.5. The molecule has 0 bridgehead atoms. The summed E-state index contributed by atoms with van der Waals surface area (Å²) in [6, 6.07) is 0. The molecule has 0 radical (unpaired) electrons. The summed E-state index contributed by atoms with van der Waals surface area (Å²) >= 11 is 1.85. The molecule has 154 valence electrons. The monoisotopic (exact) mass is 394 g/mol. The summed E-state index contributed by atoms with van der Waals surface area (Å²) in [5.74, 6) is 2.12. The Bertz CT molecular complexity index is 496. The van der Waals surface area contributed by atoms with E-state index in [9.17, 15) is 9.59 Å². The van der Waals surface area contributed by atoms with E-state index in [1.807, 2.05) is 11.8 Å². The van der Waals surface area contributed by atoms with Gasteiger partial charge in [0.1, 0.15) is 6.29 Å². The van der Waals surface area contributed by atoms with Crippen LogP contribution in [0.25, 0.3) is 0 Å². The van der Waals surface area contributed by atoms with E-state index in [0.717, 1.165) is 62.1 Å². The highest BCUT2D eigenvalue weighted by Crippen LogP contribution is 2.40. The van der Waals surface area contributed by atoms with Gasteiger partial charge >= 0.3 is 5.97 Å². The van der Waals surface area contributed by atoms with Crippen LogP contribution in [0.5, 0.6) is 0 Å². The molecule has 0 heterocycles. The number of thioether (sulfide) groups is 1. The van der Waals surface area contributed by atoms with E-state index in [-0.39, 0.29) is 5.97 Å². The molecule has 0 aliphatic heterocycles. The van der Waals surface area contributed by atoms with Gasteiger partial charge in [0.05, 0.1) is 7.11 Å². The summed E-state index contributed by atoms with van der Waals surface area (Å²) in [6.45, 7) is 4.60. The topological polar surface area (TPSA) is 43.4 Å². The number of allylic oxidation sites excluding steroid dienone is 4. The summed E-state index contributed by atoms with van der Waals surface area (Å²) in [4.78, 5) is 23.8. The van der Waals surface area contributed by atoms with E-state index in [0.29, 0.717) is 12.3 Å². The van der Waals surface area contributed by atoms with Gasteiger partial charge < -0.3 is 4.74 Å². The molecule has 0 amide bonds. The molecule has 1 aliphatic rings. The van der Waals surface area contributed by atoms with Crippen molar-refractivity contribution in [1.82, 2.24) is 0 Å². The van der Waals surface area contributed by atoms with E-state index in [1.165, 1.54) is 37.7 Å². The van der Waals surface area contributed by atoms with Crippen LogP contribution in [0.15, 0.2) is 22.6 Å². The van der Waals surface area contributed by atoms with Crippen molar-refractivity contribution < 1.29 is 14.3 Å². The molecule has 0 saturated heterocycles. The maximum Gasteiger partial charge on any atom is 0.305 e. The van der Waals surface area contributed by atoms with Crippen LogP contribution < -0.4 is 0 Å². The summed E-state index contributed by atoms with van der Waals surface area (Å²) in [6.07, 6.45) is 17.5. The van der Waals surface area contributed by atoms with Crippen molar-refractivity contribution in [3.8, 4) is 0 Å². The zero-order valence-corrected chi connectivity index (χ0v) is 18.3. The summed E-state index contributed by atoms with van der Waals surface area (Å²) in [7, 11) is 1.44. The Morgan fingerprint density at radius 2 is 2.07 bits per heavy atom. The van der Waals surface area contributed by atoms with Crippen molar-refractivity contribution in [2.75, 3.05) is 12.9 Å². The maximum absolute atomic E-state index is 11.4. The number of hydrogen-bond donors (Lipinski definition) is 0. The fourth-order valence-electron chi connectivity index (χ4n) is 3.47. The molecule has 2 unspecified atom stereocenters. The smallest absolute Gasteiger partial charge is 0.305 e. The van der Waals surface area contributed by atoms with Gasteiger partial charge in [-0.05, 0) is 55.1 Å². The van der Waals surface area contributed by atoms with E-state index in [1.54, 1.807) is 0 Å². The molecule has 3 nitrogen and oxygen atoms in total. The molecule has 4 heteroatoms. The van der Waals surface area contributed by atoms with Crippen molar-refractivity contribution in [2.45, 2.75) is 84.5 Å². The van der Waals surface area contributed by atoms with Crippen LogP contribution in [-0.2, 0) is 14.3 Å². The second kappa shape index (κ2) is 15.0. The SMILES string of the molecule is CCCCC(C)CC/C=C/C1CCC(C=O)=C1SCCCCCC(=O)OC. The predicted octanol–water partition coefficient (Wildman–Crippen LogP) is 6.48. The molecule has 0 saturated carbocycles. The number of aldehydes is 1. The lowest BCUT2D eigenvalue weighted by molar-refractivity contribution is -0.140. The molecule has 27 heavy (non-hydrogen) atoms. The molecule has 0 aromatic rings. The Labute approximate surface area is 170 Å². The minimum absolute atomic E-state index is 0.126. The summed E-state index contributed by atoms with van der Waals surface area (Å²) < 4.78 is 4.66. The Balaban J connectivity index is 2.33. The van der Waals surface area contributed by atoms with Crippen LogP contribution in [0.1, 0.15) is 84.5 Å². The van der Waals surface area contributed by atoms with Gasteiger partial charge in [-0.3, -0.25) is 9.59 Å². The van der Waals surface area contributed by atoms with Crippen molar-refractivity contribution in [2.24, 2.45) is 11.8 Å². The lowest BCUT2D eigenvalue weighted by Crippen LogP contribution is -1.99. The van der Waals surface area contributed by atoms with Crippen LogP contribution in [-0.4, -0.2) is 25.1 Å². The fraction of sp³-hybridized carbons (Fsp3) is 0.739. The third-order valence-corrected chi connectivity index (χ3v) is 6.64. The second-order valence-corrected chi connectivity index (χ2v) is 8.78. The Morgan fingerprint density at radius 3 is 2.78 bits per heavy atom. The third-order valence-electron chi connectivity index (χ3n) is 5.28. The number of ether oxygens (including phenoxy) is 1. The molecule has 0 N–H and O–H groups in total. The van der Waals surface area contributed by atoms with Gasteiger partial charge in [0.15, 0.2) is 0 Å². The van der Waals surface area contributed by atoms with Crippen molar-refractivity contribution in [3.63, 3.8) is 0 Å². The average Bonchev–Trinajstić information content (AvgIpc) is 3.07. The van der Waals surface area contributed by atoms with Crippen LogP contribution in [0.2, 0.25) is 0 Å². The first-order chi connectivity index (χ1) is 13.1. The van der Waals surface area contributed by atoms with Crippen LogP contribution in [0.4, 0.5) is 0 Å². The molecule has 1 aliphatic carbocycles. The van der Waals surface area contributed by atoms with Gasteiger partial charge in [-0.1, -0.05) is 51.7 Å². The first kappa shape index (κ1) is 24.0.